The van der Waals surface area contributed by atoms with Gasteiger partial charge in [0.15, 0.2) is 0 Å². The molecule has 0 fully saturated rings. The van der Waals surface area contributed by atoms with Crippen molar-refractivity contribution in [2.45, 2.75) is 6.42 Å². The average molecular weight is 212 g/mol. The van der Waals surface area contributed by atoms with E-state index in [1.54, 1.807) is 0 Å². The van der Waals surface area contributed by atoms with Crippen LogP contribution >= 0.6 is 0 Å². The molecule has 0 saturated carbocycles. The van der Waals surface area contributed by atoms with Crippen LogP contribution in [0.1, 0.15) is 12.8 Å². The molecule has 0 aliphatic rings. The molecule has 2 nitrogen and oxygen atoms in total. The maximum Gasteiger partial charge on any atom is 1.00 e. The maximum atomic E-state index is 4.27. The Morgan fingerprint density at radius 2 is 2.00 bits per heavy atom. The Hall–Kier alpha value is 0.0664. The molecule has 0 amide bonds. The first-order valence-electron chi connectivity index (χ1n) is 4.36. The summed E-state index contributed by atoms with van der Waals surface area (Å²) in [6.45, 7) is 0. The summed E-state index contributed by atoms with van der Waals surface area (Å²) in [5.74, 6) is 1.10. The van der Waals surface area contributed by atoms with Crippen LogP contribution in [0.4, 0.5) is 0 Å². The summed E-state index contributed by atoms with van der Waals surface area (Å²) in [6, 6.07) is 10.4. The molecule has 2 rings (SSSR count). The van der Waals surface area contributed by atoms with Crippen LogP contribution in [0.3, 0.4) is 0 Å². The van der Waals surface area contributed by atoms with E-state index in [4.69, 9.17) is 0 Å². The van der Waals surface area contributed by atoms with E-state index >= 15 is 0 Å². The van der Waals surface area contributed by atoms with E-state index in [0.29, 0.717) is 0 Å². The van der Waals surface area contributed by atoms with E-state index in [9.17, 15) is 0 Å². The molecule has 0 bridgehead atoms. The third kappa shape index (κ3) is 3.03. The van der Waals surface area contributed by atoms with Crippen LogP contribution in [0.2, 0.25) is 0 Å². The van der Waals surface area contributed by atoms with Gasteiger partial charge in [0.25, 0.3) is 0 Å². The summed E-state index contributed by atoms with van der Waals surface area (Å²) in [7, 11) is 2.02. The number of hydrogen-bond donors (Lipinski definition) is 0. The number of nitrogens with zero attached hydrogens (tertiary/aromatic N) is 2. The van der Waals surface area contributed by atoms with Gasteiger partial charge in [0.2, 0.25) is 0 Å². The molecule has 68 valence electrons. The summed E-state index contributed by atoms with van der Waals surface area (Å²) in [4.78, 5) is 4.27. The SMILES string of the molecule is Cn1ccnc1Cc1ccccc1.[H-].[K+]. The first-order chi connectivity index (χ1) is 6.36. The Morgan fingerprint density at radius 3 is 2.57 bits per heavy atom. The molecular weight excluding hydrogens is 199 g/mol. The van der Waals surface area contributed by atoms with Gasteiger partial charge in [-0.15, -0.1) is 0 Å². The summed E-state index contributed by atoms with van der Waals surface area (Å²) >= 11 is 0. The van der Waals surface area contributed by atoms with Crippen molar-refractivity contribution in [2.75, 3.05) is 0 Å². The van der Waals surface area contributed by atoms with Crippen molar-refractivity contribution in [2.24, 2.45) is 7.05 Å². The Kier molecular flexibility index (Phi) is 5.05. The van der Waals surface area contributed by atoms with Gasteiger partial charge in [0, 0.05) is 25.9 Å². The van der Waals surface area contributed by atoms with Crippen molar-refractivity contribution in [1.82, 2.24) is 9.55 Å². The van der Waals surface area contributed by atoms with E-state index in [0.717, 1.165) is 12.2 Å². The normalized spacial score (nSPS) is 9.50. The van der Waals surface area contributed by atoms with Crippen LogP contribution in [0, 0.1) is 0 Å². The van der Waals surface area contributed by atoms with Crippen LogP contribution < -0.4 is 51.4 Å². The van der Waals surface area contributed by atoms with Crippen LogP contribution in [0.15, 0.2) is 42.7 Å². The Morgan fingerprint density at radius 1 is 1.29 bits per heavy atom. The molecule has 2 aromatic rings. The van der Waals surface area contributed by atoms with Gasteiger partial charge in [-0.05, 0) is 5.56 Å². The van der Waals surface area contributed by atoms with Gasteiger partial charge in [-0.25, -0.2) is 4.98 Å². The number of imidazole rings is 1. The Balaban J connectivity index is 0.000000980. The van der Waals surface area contributed by atoms with Crippen LogP contribution in [-0.4, -0.2) is 9.55 Å². The molecule has 0 spiro atoms. The molecule has 0 atom stereocenters. The van der Waals surface area contributed by atoms with E-state index in [1.165, 1.54) is 5.56 Å². The van der Waals surface area contributed by atoms with Gasteiger partial charge in [-0.3, -0.25) is 0 Å². The largest absolute Gasteiger partial charge is 1.00 e. The minimum Gasteiger partial charge on any atom is -1.00 e. The van der Waals surface area contributed by atoms with E-state index < -0.39 is 0 Å². The first kappa shape index (κ1) is 12.1. The molecule has 1 aromatic carbocycles. The van der Waals surface area contributed by atoms with Crippen LogP contribution in [-0.2, 0) is 13.5 Å². The predicted molar refractivity (Wildman–Crippen MR) is 53.6 cm³/mol. The molecule has 0 saturated heterocycles. The fourth-order valence-corrected chi connectivity index (χ4v) is 1.35. The molecule has 3 heteroatoms. The van der Waals surface area contributed by atoms with Gasteiger partial charge >= 0.3 is 51.4 Å². The van der Waals surface area contributed by atoms with E-state index in [1.807, 2.05) is 30.1 Å². The second kappa shape index (κ2) is 5.83. The maximum absolute atomic E-state index is 4.27. The number of hydrogen-bond acceptors (Lipinski definition) is 1. The van der Waals surface area contributed by atoms with Crippen LogP contribution in [0.5, 0.6) is 0 Å². The quantitative estimate of drug-likeness (QED) is 0.592. The predicted octanol–water partition coefficient (Wildman–Crippen LogP) is -0.873. The summed E-state index contributed by atoms with van der Waals surface area (Å²) in [5.41, 5.74) is 1.30. The smallest absolute Gasteiger partial charge is 1.00 e. The molecule has 1 heterocycles. The third-order valence-electron chi connectivity index (χ3n) is 2.13. The summed E-state index contributed by atoms with van der Waals surface area (Å²) in [5, 5.41) is 0. The van der Waals surface area contributed by atoms with Gasteiger partial charge < -0.3 is 5.99 Å². The van der Waals surface area contributed by atoms with Crippen molar-refractivity contribution >= 4 is 0 Å². The van der Waals surface area contributed by atoms with Crippen molar-refractivity contribution in [3.63, 3.8) is 0 Å². The zero-order chi connectivity index (χ0) is 9.10. The van der Waals surface area contributed by atoms with Crippen LogP contribution in [0.25, 0.3) is 0 Å². The number of aromatic nitrogens is 2. The van der Waals surface area contributed by atoms with Crippen molar-refractivity contribution in [1.29, 1.82) is 0 Å². The summed E-state index contributed by atoms with van der Waals surface area (Å²) in [6.07, 6.45) is 4.71. The average Bonchev–Trinajstić information content (AvgIpc) is 2.54. The monoisotopic (exact) mass is 212 g/mol. The zero-order valence-corrected chi connectivity index (χ0v) is 11.8. The molecule has 0 aliphatic carbocycles. The van der Waals surface area contributed by atoms with Crippen molar-refractivity contribution in [3.8, 4) is 0 Å². The van der Waals surface area contributed by atoms with Gasteiger partial charge in [-0.1, -0.05) is 30.3 Å². The van der Waals surface area contributed by atoms with Crippen molar-refractivity contribution in [3.05, 3.63) is 54.1 Å². The molecule has 0 radical (unpaired) electrons. The minimum absolute atomic E-state index is 0. The Bertz CT molecular complexity index is 386. The second-order valence-electron chi connectivity index (χ2n) is 3.12. The minimum atomic E-state index is 0. The molecule has 14 heavy (non-hydrogen) atoms. The molecule has 1 aromatic heterocycles. The van der Waals surface area contributed by atoms with E-state index in [2.05, 4.69) is 29.2 Å². The van der Waals surface area contributed by atoms with Gasteiger partial charge in [0.1, 0.15) is 5.82 Å². The molecule has 0 N–H and O–H groups in total. The number of aryl methyl sites for hydroxylation is 1. The van der Waals surface area contributed by atoms with Gasteiger partial charge in [0.05, 0.1) is 0 Å². The van der Waals surface area contributed by atoms with Gasteiger partial charge in [-0.2, -0.15) is 0 Å². The molecule has 0 aliphatic heterocycles. The molecular formula is C11H13KN2. The number of rotatable bonds is 2. The van der Waals surface area contributed by atoms with E-state index in [-0.39, 0.29) is 52.8 Å². The third-order valence-corrected chi connectivity index (χ3v) is 2.13. The summed E-state index contributed by atoms with van der Waals surface area (Å²) < 4.78 is 2.05. The molecule has 0 unspecified atom stereocenters. The topological polar surface area (TPSA) is 17.8 Å². The fourth-order valence-electron chi connectivity index (χ4n) is 1.35. The van der Waals surface area contributed by atoms with Crippen molar-refractivity contribution < 1.29 is 52.8 Å². The second-order valence-corrected chi connectivity index (χ2v) is 3.12. The number of benzene rings is 1. The zero-order valence-electron chi connectivity index (χ0n) is 9.64. The standard InChI is InChI=1S/C11H12N2.K.H/c1-13-8-7-12-11(13)9-10-5-3-2-4-6-10;;/h2-8H,9H2,1H3;;/q;+1;-1. The first-order valence-corrected chi connectivity index (χ1v) is 4.36. The fraction of sp³-hybridized carbons (Fsp3) is 0.182. The Labute approximate surface area is 128 Å².